The maximum absolute atomic E-state index is 13.0. The van der Waals surface area contributed by atoms with Crippen LogP contribution in [0.2, 0.25) is 0 Å². The van der Waals surface area contributed by atoms with Gasteiger partial charge in [0.1, 0.15) is 5.69 Å². The molecule has 0 bridgehead atoms. The summed E-state index contributed by atoms with van der Waals surface area (Å²) in [7, 11) is 4.69. The van der Waals surface area contributed by atoms with E-state index in [1.165, 1.54) is 5.69 Å². The van der Waals surface area contributed by atoms with Gasteiger partial charge in [0.15, 0.2) is 11.5 Å². The summed E-state index contributed by atoms with van der Waals surface area (Å²) in [6.45, 7) is 2.91. The molecule has 1 aromatic heterocycles. The van der Waals surface area contributed by atoms with Crippen LogP contribution in [-0.2, 0) is 0 Å². The van der Waals surface area contributed by atoms with Gasteiger partial charge in [-0.15, -0.1) is 0 Å². The Morgan fingerprint density at radius 1 is 0.903 bits per heavy atom. The first-order valence-electron chi connectivity index (χ1n) is 10.1. The topological polar surface area (TPSA) is 79.9 Å². The van der Waals surface area contributed by atoms with Gasteiger partial charge < -0.3 is 24.0 Å². The van der Waals surface area contributed by atoms with Crippen molar-refractivity contribution in [3.05, 3.63) is 54.2 Å². The van der Waals surface area contributed by atoms with E-state index in [1.807, 2.05) is 35.2 Å². The second kappa shape index (κ2) is 8.99. The number of carbonyl (C=O) groups excluding carboxylic acids is 1. The molecule has 1 aliphatic rings. The van der Waals surface area contributed by atoms with Gasteiger partial charge in [0.05, 0.1) is 27.0 Å². The highest BCUT2D eigenvalue weighted by molar-refractivity contribution is 5.93. The molecule has 0 unspecified atom stereocenters. The summed E-state index contributed by atoms with van der Waals surface area (Å²) in [5.41, 5.74) is 3.03. The maximum atomic E-state index is 13.0. The monoisotopic (exact) mass is 422 g/mol. The van der Waals surface area contributed by atoms with Crippen LogP contribution < -0.4 is 19.1 Å². The average molecular weight is 422 g/mol. The fourth-order valence-electron chi connectivity index (χ4n) is 3.79. The van der Waals surface area contributed by atoms with E-state index in [0.717, 1.165) is 18.7 Å². The van der Waals surface area contributed by atoms with Gasteiger partial charge in [-0.3, -0.25) is 9.89 Å². The Balaban J connectivity index is 1.49. The van der Waals surface area contributed by atoms with Gasteiger partial charge >= 0.3 is 0 Å². The van der Waals surface area contributed by atoms with E-state index in [2.05, 4.69) is 27.2 Å². The molecule has 0 radical (unpaired) electrons. The van der Waals surface area contributed by atoms with E-state index in [4.69, 9.17) is 14.2 Å². The van der Waals surface area contributed by atoms with E-state index in [-0.39, 0.29) is 5.91 Å². The van der Waals surface area contributed by atoms with Crippen LogP contribution in [0.5, 0.6) is 17.2 Å². The molecule has 162 valence electrons. The number of hydrogen-bond donors (Lipinski definition) is 1. The SMILES string of the molecule is COc1cc(-c2cc(C(=O)N3CCN(c4ccccc4)CC3)[nH]n2)cc(OC)c1OC. The van der Waals surface area contributed by atoms with Gasteiger partial charge in [0.2, 0.25) is 5.75 Å². The van der Waals surface area contributed by atoms with Crippen molar-refractivity contribution in [2.45, 2.75) is 0 Å². The van der Waals surface area contributed by atoms with Crippen molar-refractivity contribution in [3.8, 4) is 28.5 Å². The number of H-pyrrole nitrogens is 1. The summed E-state index contributed by atoms with van der Waals surface area (Å²) < 4.78 is 16.2. The molecule has 0 spiro atoms. The molecule has 2 heterocycles. The summed E-state index contributed by atoms with van der Waals surface area (Å²) in [4.78, 5) is 17.1. The molecule has 1 aliphatic heterocycles. The molecule has 1 amide bonds. The molecule has 31 heavy (non-hydrogen) atoms. The number of hydrogen-bond acceptors (Lipinski definition) is 6. The molecule has 2 aromatic carbocycles. The molecule has 1 fully saturated rings. The second-order valence-corrected chi connectivity index (χ2v) is 7.20. The number of nitrogens with one attached hydrogen (secondary N) is 1. The third kappa shape index (κ3) is 4.14. The van der Waals surface area contributed by atoms with Crippen molar-refractivity contribution >= 4 is 11.6 Å². The molecule has 0 saturated carbocycles. The van der Waals surface area contributed by atoms with Crippen LogP contribution in [0, 0.1) is 0 Å². The lowest BCUT2D eigenvalue weighted by Gasteiger charge is -2.35. The van der Waals surface area contributed by atoms with Crippen molar-refractivity contribution in [3.63, 3.8) is 0 Å². The molecule has 8 nitrogen and oxygen atoms in total. The van der Waals surface area contributed by atoms with E-state index in [9.17, 15) is 4.79 Å². The number of rotatable bonds is 6. The van der Waals surface area contributed by atoms with Crippen LogP contribution in [0.1, 0.15) is 10.5 Å². The fourth-order valence-corrected chi connectivity index (χ4v) is 3.79. The minimum absolute atomic E-state index is 0.0566. The van der Waals surface area contributed by atoms with Crippen molar-refractivity contribution in [2.24, 2.45) is 0 Å². The number of nitrogens with zero attached hydrogens (tertiary/aromatic N) is 3. The first-order valence-corrected chi connectivity index (χ1v) is 10.1. The lowest BCUT2D eigenvalue weighted by Crippen LogP contribution is -2.48. The fraction of sp³-hybridized carbons (Fsp3) is 0.304. The number of piperazine rings is 1. The molecule has 1 N–H and O–H groups in total. The summed E-state index contributed by atoms with van der Waals surface area (Å²) in [5.74, 6) is 1.52. The van der Waals surface area contributed by atoms with Gasteiger partial charge in [0, 0.05) is 37.4 Å². The van der Waals surface area contributed by atoms with Crippen LogP contribution >= 0.6 is 0 Å². The van der Waals surface area contributed by atoms with E-state index < -0.39 is 0 Å². The molecular formula is C23H26N4O4. The zero-order valence-electron chi connectivity index (χ0n) is 17.9. The van der Waals surface area contributed by atoms with Crippen molar-refractivity contribution < 1.29 is 19.0 Å². The van der Waals surface area contributed by atoms with Gasteiger partial charge in [0.25, 0.3) is 5.91 Å². The summed E-state index contributed by atoms with van der Waals surface area (Å²) in [6.07, 6.45) is 0. The van der Waals surface area contributed by atoms with E-state index in [0.29, 0.717) is 41.7 Å². The number of benzene rings is 2. The Hall–Kier alpha value is -3.68. The lowest BCUT2D eigenvalue weighted by molar-refractivity contribution is 0.0741. The molecule has 1 saturated heterocycles. The number of aromatic amines is 1. The minimum Gasteiger partial charge on any atom is -0.493 e. The Bertz CT molecular complexity index is 1020. The highest BCUT2D eigenvalue weighted by atomic mass is 16.5. The molecule has 4 rings (SSSR count). The Labute approximate surface area is 181 Å². The number of carbonyl (C=O) groups is 1. The quantitative estimate of drug-likeness (QED) is 0.658. The largest absolute Gasteiger partial charge is 0.493 e. The maximum Gasteiger partial charge on any atom is 0.272 e. The van der Waals surface area contributed by atoms with Crippen LogP contribution in [0.3, 0.4) is 0 Å². The van der Waals surface area contributed by atoms with Gasteiger partial charge in [-0.1, -0.05) is 18.2 Å². The zero-order chi connectivity index (χ0) is 21.8. The smallest absolute Gasteiger partial charge is 0.272 e. The van der Waals surface area contributed by atoms with Crippen LogP contribution in [0.4, 0.5) is 5.69 Å². The highest BCUT2D eigenvalue weighted by Crippen LogP contribution is 2.40. The summed E-state index contributed by atoms with van der Waals surface area (Å²) in [6, 6.07) is 15.6. The number of aromatic nitrogens is 2. The first kappa shape index (κ1) is 20.6. The number of ether oxygens (including phenoxy) is 3. The number of amides is 1. The predicted octanol–water partition coefficient (Wildman–Crippen LogP) is 3.06. The first-order chi connectivity index (χ1) is 15.1. The summed E-state index contributed by atoms with van der Waals surface area (Å²) >= 11 is 0. The zero-order valence-corrected chi connectivity index (χ0v) is 17.9. The lowest BCUT2D eigenvalue weighted by atomic mass is 10.1. The van der Waals surface area contributed by atoms with Gasteiger partial charge in [-0.2, -0.15) is 5.10 Å². The number of anilines is 1. The molecular weight excluding hydrogens is 396 g/mol. The van der Waals surface area contributed by atoms with Crippen molar-refractivity contribution in [1.82, 2.24) is 15.1 Å². The minimum atomic E-state index is -0.0566. The summed E-state index contributed by atoms with van der Waals surface area (Å²) in [5, 5.41) is 7.22. The Morgan fingerprint density at radius 3 is 2.13 bits per heavy atom. The van der Waals surface area contributed by atoms with Crippen molar-refractivity contribution in [1.29, 1.82) is 0 Å². The number of para-hydroxylation sites is 1. The van der Waals surface area contributed by atoms with E-state index >= 15 is 0 Å². The number of methoxy groups -OCH3 is 3. The molecule has 0 aliphatic carbocycles. The van der Waals surface area contributed by atoms with Gasteiger partial charge in [-0.05, 0) is 30.3 Å². The predicted molar refractivity (Wildman–Crippen MR) is 118 cm³/mol. The third-order valence-electron chi connectivity index (χ3n) is 5.46. The normalized spacial score (nSPS) is 13.8. The second-order valence-electron chi connectivity index (χ2n) is 7.20. The average Bonchev–Trinajstić information content (AvgIpc) is 3.33. The Morgan fingerprint density at radius 2 is 1.55 bits per heavy atom. The highest BCUT2D eigenvalue weighted by Gasteiger charge is 2.24. The van der Waals surface area contributed by atoms with Crippen molar-refractivity contribution in [2.75, 3.05) is 52.4 Å². The van der Waals surface area contributed by atoms with E-state index in [1.54, 1.807) is 27.4 Å². The van der Waals surface area contributed by atoms with Crippen LogP contribution in [0.25, 0.3) is 11.3 Å². The standard InChI is InChI=1S/C23H26N4O4/c1-29-20-13-16(14-21(30-2)22(20)31-3)18-15-19(25-24-18)23(28)27-11-9-26(10-12-27)17-7-5-4-6-8-17/h4-8,13-15H,9-12H2,1-3H3,(H,24,25). The Kier molecular flexibility index (Phi) is 5.97. The van der Waals surface area contributed by atoms with Crippen LogP contribution in [0.15, 0.2) is 48.5 Å². The molecule has 8 heteroatoms. The van der Waals surface area contributed by atoms with Crippen LogP contribution in [-0.4, -0.2) is 68.5 Å². The third-order valence-corrected chi connectivity index (χ3v) is 5.46. The molecule has 3 aromatic rings. The van der Waals surface area contributed by atoms with Gasteiger partial charge in [-0.25, -0.2) is 0 Å². The molecule has 0 atom stereocenters.